The lowest BCUT2D eigenvalue weighted by Gasteiger charge is -2.27. The highest BCUT2D eigenvalue weighted by atomic mass is 16.5. The molecule has 0 spiro atoms. The minimum Gasteiger partial charge on any atom is -0.383 e. The number of amides is 1. The number of nitrogens with two attached hydrogens (primary N) is 1. The average molecular weight is 270 g/mol. The van der Waals surface area contributed by atoms with Crippen LogP contribution >= 0.6 is 0 Å². The van der Waals surface area contributed by atoms with Crippen LogP contribution in [0, 0.1) is 11.8 Å². The standard InChI is InChI=1S/C15H30N2O2/c1-11(2)14(10-19-3)17-15(18)8-7-12-5-4-6-13(16)9-12/h11-14H,4-10,16H2,1-3H3,(H,17,18). The molecule has 0 aliphatic heterocycles. The van der Waals surface area contributed by atoms with Crippen molar-refractivity contribution in [3.8, 4) is 0 Å². The van der Waals surface area contributed by atoms with E-state index in [1.54, 1.807) is 7.11 Å². The Hall–Kier alpha value is -0.610. The van der Waals surface area contributed by atoms with Gasteiger partial charge in [-0.1, -0.05) is 26.7 Å². The molecule has 0 aromatic rings. The van der Waals surface area contributed by atoms with Crippen LogP contribution < -0.4 is 11.1 Å². The van der Waals surface area contributed by atoms with Crippen molar-refractivity contribution in [3.63, 3.8) is 0 Å². The lowest BCUT2D eigenvalue weighted by Crippen LogP contribution is -2.41. The fourth-order valence-electron chi connectivity index (χ4n) is 2.79. The van der Waals surface area contributed by atoms with E-state index in [0.29, 0.717) is 30.9 Å². The molecular formula is C15H30N2O2. The Morgan fingerprint density at radius 2 is 2.16 bits per heavy atom. The van der Waals surface area contributed by atoms with Crippen molar-refractivity contribution in [1.82, 2.24) is 5.32 Å². The van der Waals surface area contributed by atoms with Gasteiger partial charge in [0.25, 0.3) is 0 Å². The summed E-state index contributed by atoms with van der Waals surface area (Å²) >= 11 is 0. The van der Waals surface area contributed by atoms with Gasteiger partial charge in [0.1, 0.15) is 0 Å². The zero-order valence-corrected chi connectivity index (χ0v) is 12.7. The van der Waals surface area contributed by atoms with Gasteiger partial charge in [-0.05, 0) is 31.1 Å². The first-order chi connectivity index (χ1) is 9.02. The fraction of sp³-hybridized carbons (Fsp3) is 0.933. The molecule has 1 aliphatic carbocycles. The Labute approximate surface area is 117 Å². The summed E-state index contributed by atoms with van der Waals surface area (Å²) in [6.07, 6.45) is 6.25. The Bertz CT molecular complexity index is 269. The van der Waals surface area contributed by atoms with Crippen LogP contribution in [0.3, 0.4) is 0 Å². The van der Waals surface area contributed by atoms with E-state index in [1.807, 2.05) is 0 Å². The molecule has 19 heavy (non-hydrogen) atoms. The molecule has 1 saturated carbocycles. The highest BCUT2D eigenvalue weighted by Gasteiger charge is 2.21. The molecule has 0 radical (unpaired) electrons. The smallest absolute Gasteiger partial charge is 0.220 e. The van der Waals surface area contributed by atoms with Crippen molar-refractivity contribution in [2.45, 2.75) is 64.5 Å². The molecule has 4 nitrogen and oxygen atoms in total. The van der Waals surface area contributed by atoms with Crippen molar-refractivity contribution in [2.75, 3.05) is 13.7 Å². The topological polar surface area (TPSA) is 64.3 Å². The fourth-order valence-corrected chi connectivity index (χ4v) is 2.79. The number of hydrogen-bond donors (Lipinski definition) is 2. The molecule has 0 aromatic heterocycles. The number of carbonyl (C=O) groups is 1. The maximum atomic E-state index is 12.0. The van der Waals surface area contributed by atoms with E-state index >= 15 is 0 Å². The average Bonchev–Trinajstić information content (AvgIpc) is 2.36. The molecule has 3 unspecified atom stereocenters. The van der Waals surface area contributed by atoms with Crippen LogP contribution in [-0.2, 0) is 9.53 Å². The van der Waals surface area contributed by atoms with Crippen LogP contribution in [0.25, 0.3) is 0 Å². The van der Waals surface area contributed by atoms with E-state index in [-0.39, 0.29) is 11.9 Å². The van der Waals surface area contributed by atoms with Gasteiger partial charge < -0.3 is 15.8 Å². The van der Waals surface area contributed by atoms with Gasteiger partial charge in [-0.15, -0.1) is 0 Å². The molecule has 1 amide bonds. The van der Waals surface area contributed by atoms with Crippen molar-refractivity contribution >= 4 is 5.91 Å². The largest absolute Gasteiger partial charge is 0.383 e. The molecule has 1 aliphatic rings. The van der Waals surface area contributed by atoms with Gasteiger partial charge in [0.2, 0.25) is 5.91 Å². The second-order valence-electron chi connectivity index (χ2n) is 6.20. The van der Waals surface area contributed by atoms with Gasteiger partial charge in [-0.3, -0.25) is 4.79 Å². The Morgan fingerprint density at radius 1 is 1.42 bits per heavy atom. The summed E-state index contributed by atoms with van der Waals surface area (Å²) in [4.78, 5) is 12.0. The van der Waals surface area contributed by atoms with Crippen molar-refractivity contribution < 1.29 is 9.53 Å². The van der Waals surface area contributed by atoms with Crippen LogP contribution in [-0.4, -0.2) is 31.7 Å². The number of nitrogens with one attached hydrogen (secondary N) is 1. The van der Waals surface area contributed by atoms with Crippen molar-refractivity contribution in [3.05, 3.63) is 0 Å². The zero-order valence-electron chi connectivity index (χ0n) is 12.7. The van der Waals surface area contributed by atoms with E-state index in [2.05, 4.69) is 19.2 Å². The van der Waals surface area contributed by atoms with Crippen molar-refractivity contribution in [2.24, 2.45) is 17.6 Å². The summed E-state index contributed by atoms with van der Waals surface area (Å²) in [5.41, 5.74) is 5.97. The summed E-state index contributed by atoms with van der Waals surface area (Å²) in [6.45, 7) is 4.78. The Morgan fingerprint density at radius 3 is 2.74 bits per heavy atom. The monoisotopic (exact) mass is 270 g/mol. The molecule has 1 fully saturated rings. The van der Waals surface area contributed by atoms with Crippen molar-refractivity contribution in [1.29, 1.82) is 0 Å². The van der Waals surface area contributed by atoms with E-state index in [9.17, 15) is 4.79 Å². The second-order valence-corrected chi connectivity index (χ2v) is 6.20. The maximum absolute atomic E-state index is 12.0. The van der Waals surface area contributed by atoms with Gasteiger partial charge in [-0.25, -0.2) is 0 Å². The third kappa shape index (κ3) is 6.39. The lowest BCUT2D eigenvalue weighted by molar-refractivity contribution is -0.122. The minimum absolute atomic E-state index is 0.117. The summed E-state index contributed by atoms with van der Waals surface area (Å²) in [6, 6.07) is 0.463. The van der Waals surface area contributed by atoms with Gasteiger partial charge in [0.05, 0.1) is 12.6 Å². The predicted molar refractivity (Wildman–Crippen MR) is 77.8 cm³/mol. The molecule has 0 saturated heterocycles. The highest BCUT2D eigenvalue weighted by Crippen LogP contribution is 2.26. The zero-order chi connectivity index (χ0) is 14.3. The van der Waals surface area contributed by atoms with Gasteiger partial charge in [0.15, 0.2) is 0 Å². The van der Waals surface area contributed by atoms with Crippen LogP contribution in [0.5, 0.6) is 0 Å². The van der Waals surface area contributed by atoms with E-state index in [4.69, 9.17) is 10.5 Å². The molecule has 3 N–H and O–H groups in total. The summed E-state index contributed by atoms with van der Waals surface area (Å²) in [7, 11) is 1.67. The third-order valence-electron chi connectivity index (χ3n) is 4.10. The quantitative estimate of drug-likeness (QED) is 0.744. The molecule has 0 aromatic carbocycles. The number of methoxy groups -OCH3 is 1. The summed E-state index contributed by atoms with van der Waals surface area (Å²) in [5.74, 6) is 1.18. The van der Waals surface area contributed by atoms with Crippen LogP contribution in [0.2, 0.25) is 0 Å². The molecule has 112 valence electrons. The summed E-state index contributed by atoms with van der Waals surface area (Å²) < 4.78 is 5.14. The Kier molecular flexibility index (Phi) is 7.39. The highest BCUT2D eigenvalue weighted by molar-refractivity contribution is 5.76. The van der Waals surface area contributed by atoms with Gasteiger partial charge in [0, 0.05) is 19.6 Å². The molecule has 3 atom stereocenters. The molecule has 0 heterocycles. The van der Waals surface area contributed by atoms with E-state index < -0.39 is 0 Å². The number of ether oxygens (including phenoxy) is 1. The van der Waals surface area contributed by atoms with Crippen LogP contribution in [0.15, 0.2) is 0 Å². The molecule has 0 bridgehead atoms. The lowest BCUT2D eigenvalue weighted by atomic mass is 9.83. The number of hydrogen-bond acceptors (Lipinski definition) is 3. The van der Waals surface area contributed by atoms with E-state index in [1.165, 1.54) is 12.8 Å². The SMILES string of the molecule is COCC(NC(=O)CCC1CCCC(N)C1)C(C)C. The second kappa shape index (κ2) is 8.54. The number of carbonyl (C=O) groups excluding carboxylic acids is 1. The molecule has 4 heteroatoms. The van der Waals surface area contributed by atoms with Crippen LogP contribution in [0.4, 0.5) is 0 Å². The Balaban J connectivity index is 2.26. The first kappa shape index (κ1) is 16.4. The first-order valence-corrected chi connectivity index (χ1v) is 7.56. The molecular weight excluding hydrogens is 240 g/mol. The van der Waals surface area contributed by atoms with Crippen LogP contribution in [0.1, 0.15) is 52.4 Å². The minimum atomic E-state index is 0.117. The first-order valence-electron chi connectivity index (χ1n) is 7.56. The maximum Gasteiger partial charge on any atom is 0.220 e. The molecule has 1 rings (SSSR count). The summed E-state index contributed by atoms with van der Waals surface area (Å²) in [5, 5.41) is 3.07. The van der Waals surface area contributed by atoms with Gasteiger partial charge in [-0.2, -0.15) is 0 Å². The number of rotatable bonds is 7. The normalized spacial score (nSPS) is 25.3. The van der Waals surface area contributed by atoms with E-state index in [0.717, 1.165) is 19.3 Å². The predicted octanol–water partition coefficient (Wildman–Crippen LogP) is 2.07. The third-order valence-corrected chi connectivity index (χ3v) is 4.10. The van der Waals surface area contributed by atoms with Gasteiger partial charge >= 0.3 is 0 Å².